The van der Waals surface area contributed by atoms with Crippen LogP contribution >= 0.6 is 0 Å². The first kappa shape index (κ1) is 21.7. The van der Waals surface area contributed by atoms with Crippen LogP contribution < -0.4 is 10.1 Å². The molecule has 9 nitrogen and oxygen atoms in total. The van der Waals surface area contributed by atoms with Gasteiger partial charge in [0, 0.05) is 18.6 Å². The van der Waals surface area contributed by atoms with E-state index in [1.54, 1.807) is 23.7 Å². The Morgan fingerprint density at radius 2 is 1.79 bits per heavy atom. The number of ether oxygens (including phenoxy) is 1. The van der Waals surface area contributed by atoms with Gasteiger partial charge in [0.15, 0.2) is 6.61 Å². The molecule has 0 aliphatic heterocycles. The fraction of sp³-hybridized carbons (Fsp3) is 0.125. The lowest BCUT2D eigenvalue weighted by molar-refractivity contribution is -0.390. The van der Waals surface area contributed by atoms with Crippen molar-refractivity contribution in [1.82, 2.24) is 14.8 Å². The molecular weight excluding hydrogens is 422 g/mol. The number of anilines is 1. The monoisotopic (exact) mass is 443 g/mol. The molecule has 1 N–H and O–H groups in total. The third-order valence-electron chi connectivity index (χ3n) is 4.84. The van der Waals surface area contributed by atoms with Crippen molar-refractivity contribution in [3.8, 4) is 22.7 Å². The molecule has 2 aromatic heterocycles. The van der Waals surface area contributed by atoms with Crippen LogP contribution in [0.3, 0.4) is 0 Å². The largest absolute Gasteiger partial charge is 0.476 e. The fourth-order valence-electron chi connectivity index (χ4n) is 3.20. The summed E-state index contributed by atoms with van der Waals surface area (Å²) in [6.45, 7) is 3.22. The first-order chi connectivity index (χ1) is 15.9. The van der Waals surface area contributed by atoms with E-state index < -0.39 is 23.3 Å². The highest BCUT2D eigenvalue weighted by Gasteiger charge is 2.19. The molecule has 0 unspecified atom stereocenters. The zero-order valence-electron chi connectivity index (χ0n) is 18.1. The molecule has 0 radical (unpaired) electrons. The number of rotatable bonds is 7. The molecule has 0 saturated heterocycles. The molecule has 0 saturated carbocycles. The van der Waals surface area contributed by atoms with Gasteiger partial charge in [-0.05, 0) is 41.1 Å². The van der Waals surface area contributed by atoms with E-state index in [9.17, 15) is 14.9 Å². The SMILES string of the molecule is Cc1ccc(-c2cc(NC(=O)COc3ccc(C)nc3[N+](=O)[O-])n(-c3ccccc3)n2)cc1. The third-order valence-corrected chi connectivity index (χ3v) is 4.84. The summed E-state index contributed by atoms with van der Waals surface area (Å²) in [6.07, 6.45) is 0. The molecule has 0 bridgehead atoms. The molecule has 166 valence electrons. The number of hydrogen-bond acceptors (Lipinski definition) is 6. The molecule has 33 heavy (non-hydrogen) atoms. The maximum absolute atomic E-state index is 12.6. The summed E-state index contributed by atoms with van der Waals surface area (Å²) < 4.78 is 7.02. The summed E-state index contributed by atoms with van der Waals surface area (Å²) in [6, 6.07) is 22.1. The highest BCUT2D eigenvalue weighted by molar-refractivity contribution is 5.92. The molecule has 4 aromatic rings. The number of pyridine rings is 1. The number of nitro groups is 1. The number of aromatic nitrogens is 3. The van der Waals surface area contributed by atoms with Crippen LogP contribution in [0, 0.1) is 24.0 Å². The van der Waals surface area contributed by atoms with E-state index in [1.165, 1.54) is 6.07 Å². The number of aryl methyl sites for hydroxylation is 2. The molecule has 2 heterocycles. The van der Waals surface area contributed by atoms with E-state index >= 15 is 0 Å². The van der Waals surface area contributed by atoms with Gasteiger partial charge in [-0.25, -0.2) is 4.68 Å². The molecular formula is C24H21N5O4. The van der Waals surface area contributed by atoms with Gasteiger partial charge in [0.05, 0.1) is 11.4 Å². The third kappa shape index (κ3) is 5.04. The fourth-order valence-corrected chi connectivity index (χ4v) is 3.20. The minimum absolute atomic E-state index is 0.0716. The lowest BCUT2D eigenvalue weighted by Gasteiger charge is -2.10. The Morgan fingerprint density at radius 1 is 1.06 bits per heavy atom. The van der Waals surface area contributed by atoms with Crippen LogP contribution in [0.5, 0.6) is 5.75 Å². The lowest BCUT2D eigenvalue weighted by Crippen LogP contribution is -2.22. The summed E-state index contributed by atoms with van der Waals surface area (Å²) in [5, 5.41) is 18.7. The van der Waals surface area contributed by atoms with Crippen LogP contribution in [0.15, 0.2) is 72.8 Å². The van der Waals surface area contributed by atoms with Crippen LogP contribution in [0.1, 0.15) is 11.3 Å². The van der Waals surface area contributed by atoms with Gasteiger partial charge in [0.1, 0.15) is 11.5 Å². The molecule has 0 aliphatic rings. The number of nitrogens with one attached hydrogen (secondary N) is 1. The normalized spacial score (nSPS) is 10.6. The predicted octanol–water partition coefficient (Wildman–Crippen LogP) is 4.48. The average Bonchev–Trinajstić information content (AvgIpc) is 3.22. The van der Waals surface area contributed by atoms with Crippen molar-refractivity contribution >= 4 is 17.5 Å². The number of nitrogens with zero attached hydrogens (tertiary/aromatic N) is 4. The lowest BCUT2D eigenvalue weighted by atomic mass is 10.1. The zero-order valence-corrected chi connectivity index (χ0v) is 18.1. The topological polar surface area (TPSA) is 112 Å². The van der Waals surface area contributed by atoms with Crippen LogP contribution in [-0.2, 0) is 4.79 Å². The maximum Gasteiger partial charge on any atom is 0.406 e. The van der Waals surface area contributed by atoms with Crippen LogP contribution in [-0.4, -0.2) is 32.2 Å². The van der Waals surface area contributed by atoms with Crippen molar-refractivity contribution in [2.45, 2.75) is 13.8 Å². The average molecular weight is 443 g/mol. The van der Waals surface area contributed by atoms with Crippen molar-refractivity contribution in [2.24, 2.45) is 0 Å². The Hall–Kier alpha value is -4.53. The van der Waals surface area contributed by atoms with Gasteiger partial charge in [0.2, 0.25) is 5.75 Å². The Bertz CT molecular complexity index is 1300. The Balaban J connectivity index is 1.57. The molecule has 2 aromatic carbocycles. The molecule has 4 rings (SSSR count). The van der Waals surface area contributed by atoms with E-state index in [0.717, 1.165) is 16.8 Å². The first-order valence-corrected chi connectivity index (χ1v) is 10.2. The summed E-state index contributed by atoms with van der Waals surface area (Å²) in [5.41, 5.74) is 3.97. The van der Waals surface area contributed by atoms with Crippen molar-refractivity contribution in [3.63, 3.8) is 0 Å². The van der Waals surface area contributed by atoms with Gasteiger partial charge in [-0.3, -0.25) is 4.79 Å². The molecule has 9 heteroatoms. The minimum Gasteiger partial charge on any atom is -0.476 e. The summed E-state index contributed by atoms with van der Waals surface area (Å²) >= 11 is 0. The second-order valence-electron chi connectivity index (χ2n) is 7.40. The molecule has 0 atom stereocenters. The number of carbonyl (C=O) groups excluding carboxylic acids is 1. The number of amides is 1. The van der Waals surface area contributed by atoms with E-state index in [0.29, 0.717) is 17.2 Å². The van der Waals surface area contributed by atoms with Gasteiger partial charge in [-0.2, -0.15) is 5.10 Å². The van der Waals surface area contributed by atoms with Crippen LogP contribution in [0.25, 0.3) is 16.9 Å². The van der Waals surface area contributed by atoms with Crippen LogP contribution in [0.4, 0.5) is 11.6 Å². The quantitative estimate of drug-likeness (QED) is 0.333. The predicted molar refractivity (Wildman–Crippen MR) is 123 cm³/mol. The van der Waals surface area contributed by atoms with Gasteiger partial charge in [0.25, 0.3) is 5.91 Å². The summed E-state index contributed by atoms with van der Waals surface area (Å²) in [4.78, 5) is 27.1. The van der Waals surface area contributed by atoms with Crippen molar-refractivity contribution < 1.29 is 14.5 Å². The van der Waals surface area contributed by atoms with Gasteiger partial charge < -0.3 is 20.2 Å². The van der Waals surface area contributed by atoms with Crippen molar-refractivity contribution in [1.29, 1.82) is 0 Å². The summed E-state index contributed by atoms with van der Waals surface area (Å²) in [7, 11) is 0. The number of benzene rings is 2. The van der Waals surface area contributed by atoms with Gasteiger partial charge in [-0.1, -0.05) is 48.0 Å². The van der Waals surface area contributed by atoms with E-state index in [-0.39, 0.29) is 5.75 Å². The Kier molecular flexibility index (Phi) is 6.12. The number of carbonyl (C=O) groups is 1. The maximum atomic E-state index is 12.6. The summed E-state index contributed by atoms with van der Waals surface area (Å²) in [5.74, 6) is -0.546. The molecule has 1 amide bonds. The second-order valence-corrected chi connectivity index (χ2v) is 7.40. The minimum atomic E-state index is -0.640. The standard InChI is InChI=1S/C24H21N5O4/c1-16-8-11-18(12-9-16)20-14-22(28(27-20)19-6-4-3-5-7-19)26-23(30)15-33-21-13-10-17(2)25-24(21)29(31)32/h3-14H,15H2,1-2H3,(H,26,30). The van der Waals surface area contributed by atoms with Gasteiger partial charge in [-0.15, -0.1) is 0 Å². The Labute approximate surface area is 189 Å². The second kappa shape index (κ2) is 9.31. The highest BCUT2D eigenvalue weighted by Crippen LogP contribution is 2.26. The van der Waals surface area contributed by atoms with E-state index in [2.05, 4.69) is 15.4 Å². The van der Waals surface area contributed by atoms with E-state index in [1.807, 2.05) is 61.5 Å². The number of para-hydroxylation sites is 1. The molecule has 0 aliphatic carbocycles. The first-order valence-electron chi connectivity index (χ1n) is 10.2. The molecule has 0 spiro atoms. The Morgan fingerprint density at radius 3 is 2.48 bits per heavy atom. The highest BCUT2D eigenvalue weighted by atomic mass is 16.6. The van der Waals surface area contributed by atoms with Gasteiger partial charge >= 0.3 is 5.82 Å². The van der Waals surface area contributed by atoms with E-state index in [4.69, 9.17) is 4.74 Å². The zero-order chi connectivity index (χ0) is 23.4. The smallest absolute Gasteiger partial charge is 0.406 e. The van der Waals surface area contributed by atoms with Crippen LogP contribution in [0.2, 0.25) is 0 Å². The molecule has 0 fully saturated rings. The number of hydrogen-bond donors (Lipinski definition) is 1. The van der Waals surface area contributed by atoms with Crippen molar-refractivity contribution in [3.05, 3.63) is 94.2 Å². The van der Waals surface area contributed by atoms with Crippen molar-refractivity contribution in [2.75, 3.05) is 11.9 Å².